The molecule has 1 rings (SSSR count). The standard InChI is InChI=1S/C18H26N2O5/c1-11(2)16(18(23)25-10-15(21)19-12(3)4)20-17(22)13-6-8-14(24-5)9-7-13/h6-9,11-12,16H,10H2,1-5H3,(H,19,21)(H,20,22)/t16-/m0/s1. The molecule has 138 valence electrons. The SMILES string of the molecule is COc1ccc(C(=O)N[C@H](C(=O)OCC(=O)NC(C)C)C(C)C)cc1. The van der Waals surface area contributed by atoms with Crippen LogP contribution in [-0.4, -0.2) is 43.6 Å². The third kappa shape index (κ3) is 6.82. The number of esters is 1. The number of carbonyl (C=O) groups is 3. The predicted octanol–water partition coefficient (Wildman–Crippen LogP) is 1.52. The fourth-order valence-corrected chi connectivity index (χ4v) is 2.05. The molecular weight excluding hydrogens is 324 g/mol. The molecule has 2 amide bonds. The number of hydrogen-bond donors (Lipinski definition) is 2. The van der Waals surface area contributed by atoms with Gasteiger partial charge in [-0.05, 0) is 44.0 Å². The maximum absolute atomic E-state index is 12.3. The molecular formula is C18H26N2O5. The number of ether oxygens (including phenoxy) is 2. The van der Waals surface area contributed by atoms with E-state index < -0.39 is 17.9 Å². The van der Waals surface area contributed by atoms with E-state index in [0.717, 1.165) is 0 Å². The smallest absolute Gasteiger partial charge is 0.329 e. The normalized spacial score (nSPS) is 11.8. The van der Waals surface area contributed by atoms with E-state index in [4.69, 9.17) is 9.47 Å². The minimum Gasteiger partial charge on any atom is -0.497 e. The quantitative estimate of drug-likeness (QED) is 0.693. The van der Waals surface area contributed by atoms with Gasteiger partial charge in [-0.25, -0.2) is 4.79 Å². The topological polar surface area (TPSA) is 93.7 Å². The van der Waals surface area contributed by atoms with E-state index >= 15 is 0 Å². The van der Waals surface area contributed by atoms with E-state index in [1.165, 1.54) is 7.11 Å². The van der Waals surface area contributed by atoms with Crippen LogP contribution in [0, 0.1) is 5.92 Å². The van der Waals surface area contributed by atoms with Gasteiger partial charge in [0, 0.05) is 11.6 Å². The van der Waals surface area contributed by atoms with Crippen LogP contribution in [0.5, 0.6) is 5.75 Å². The number of rotatable bonds is 8. The molecule has 0 aliphatic rings. The van der Waals surface area contributed by atoms with E-state index in [-0.39, 0.29) is 24.5 Å². The average Bonchev–Trinajstić information content (AvgIpc) is 2.56. The second kappa shape index (κ2) is 9.66. The van der Waals surface area contributed by atoms with Gasteiger partial charge in [0.2, 0.25) is 0 Å². The summed E-state index contributed by atoms with van der Waals surface area (Å²) in [5, 5.41) is 5.28. The van der Waals surface area contributed by atoms with E-state index in [2.05, 4.69) is 10.6 Å². The second-order valence-electron chi connectivity index (χ2n) is 6.25. The highest BCUT2D eigenvalue weighted by Crippen LogP contribution is 2.12. The Kier molecular flexibility index (Phi) is 7.91. The molecule has 0 heterocycles. The molecule has 0 saturated carbocycles. The molecule has 0 spiro atoms. The van der Waals surface area contributed by atoms with Gasteiger partial charge in [-0.1, -0.05) is 13.8 Å². The summed E-state index contributed by atoms with van der Waals surface area (Å²) in [5.74, 6) is -0.983. The lowest BCUT2D eigenvalue weighted by atomic mass is 10.0. The Hall–Kier alpha value is -2.57. The van der Waals surface area contributed by atoms with Crippen LogP contribution in [0.1, 0.15) is 38.1 Å². The van der Waals surface area contributed by atoms with Crippen molar-refractivity contribution in [2.24, 2.45) is 5.92 Å². The van der Waals surface area contributed by atoms with Gasteiger partial charge in [0.05, 0.1) is 7.11 Å². The molecule has 0 fully saturated rings. The highest BCUT2D eigenvalue weighted by molar-refractivity contribution is 5.97. The van der Waals surface area contributed by atoms with Gasteiger partial charge in [-0.3, -0.25) is 9.59 Å². The van der Waals surface area contributed by atoms with Crippen LogP contribution in [-0.2, 0) is 14.3 Å². The number of benzene rings is 1. The van der Waals surface area contributed by atoms with E-state index in [9.17, 15) is 14.4 Å². The molecule has 7 heteroatoms. The molecule has 0 bridgehead atoms. The van der Waals surface area contributed by atoms with Crippen molar-refractivity contribution < 1.29 is 23.9 Å². The summed E-state index contributed by atoms with van der Waals surface area (Å²) in [4.78, 5) is 36.1. The number of nitrogens with one attached hydrogen (secondary N) is 2. The number of carbonyl (C=O) groups excluding carboxylic acids is 3. The van der Waals surface area contributed by atoms with Crippen LogP contribution >= 0.6 is 0 Å². The minimum atomic E-state index is -0.846. The van der Waals surface area contributed by atoms with Crippen molar-refractivity contribution >= 4 is 17.8 Å². The molecule has 25 heavy (non-hydrogen) atoms. The first-order chi connectivity index (χ1) is 11.7. The summed E-state index contributed by atoms with van der Waals surface area (Å²) >= 11 is 0. The van der Waals surface area contributed by atoms with Gasteiger partial charge in [-0.2, -0.15) is 0 Å². The molecule has 0 saturated heterocycles. The maximum atomic E-state index is 12.3. The molecule has 0 aromatic heterocycles. The zero-order chi connectivity index (χ0) is 19.0. The Labute approximate surface area is 148 Å². The maximum Gasteiger partial charge on any atom is 0.329 e. The van der Waals surface area contributed by atoms with Gasteiger partial charge in [0.25, 0.3) is 11.8 Å². The predicted molar refractivity (Wildman–Crippen MR) is 93.3 cm³/mol. The molecule has 0 aliphatic heterocycles. The largest absolute Gasteiger partial charge is 0.497 e. The summed E-state index contributed by atoms with van der Waals surface area (Å²) in [6, 6.07) is 5.64. The zero-order valence-electron chi connectivity index (χ0n) is 15.3. The van der Waals surface area contributed by atoms with Crippen LogP contribution in [0.3, 0.4) is 0 Å². The number of methoxy groups -OCH3 is 1. The zero-order valence-corrected chi connectivity index (χ0v) is 15.3. The van der Waals surface area contributed by atoms with Crippen molar-refractivity contribution in [1.29, 1.82) is 0 Å². The van der Waals surface area contributed by atoms with Gasteiger partial charge in [0.15, 0.2) is 6.61 Å². The molecule has 0 unspecified atom stereocenters. The highest BCUT2D eigenvalue weighted by Gasteiger charge is 2.26. The van der Waals surface area contributed by atoms with Crippen LogP contribution in [0.4, 0.5) is 0 Å². The summed E-state index contributed by atoms with van der Waals surface area (Å²) in [5.41, 5.74) is 0.400. The number of amides is 2. The number of hydrogen-bond acceptors (Lipinski definition) is 5. The van der Waals surface area contributed by atoms with Gasteiger partial charge in [0.1, 0.15) is 11.8 Å². The Morgan fingerprint density at radius 2 is 1.60 bits per heavy atom. The first-order valence-electron chi connectivity index (χ1n) is 8.15. The Morgan fingerprint density at radius 3 is 2.08 bits per heavy atom. The van der Waals surface area contributed by atoms with E-state index in [1.54, 1.807) is 38.1 Å². The summed E-state index contributed by atoms with van der Waals surface area (Å²) in [7, 11) is 1.54. The lowest BCUT2D eigenvalue weighted by Gasteiger charge is -2.21. The first-order valence-corrected chi connectivity index (χ1v) is 8.15. The Balaban J connectivity index is 2.67. The Bertz CT molecular complexity index is 596. The van der Waals surface area contributed by atoms with Crippen molar-refractivity contribution in [3.63, 3.8) is 0 Å². The Morgan fingerprint density at radius 1 is 1.00 bits per heavy atom. The molecule has 1 aromatic rings. The van der Waals surface area contributed by atoms with Crippen molar-refractivity contribution in [2.75, 3.05) is 13.7 Å². The summed E-state index contributed by atoms with van der Waals surface area (Å²) < 4.78 is 10.1. The first kappa shape index (κ1) is 20.5. The van der Waals surface area contributed by atoms with Gasteiger partial charge >= 0.3 is 5.97 Å². The molecule has 2 N–H and O–H groups in total. The van der Waals surface area contributed by atoms with Crippen LogP contribution in [0.25, 0.3) is 0 Å². The second-order valence-corrected chi connectivity index (χ2v) is 6.25. The molecule has 0 aliphatic carbocycles. The lowest BCUT2D eigenvalue weighted by molar-refractivity contribution is -0.151. The van der Waals surface area contributed by atoms with Gasteiger partial charge < -0.3 is 20.1 Å². The monoisotopic (exact) mass is 350 g/mol. The molecule has 1 aromatic carbocycles. The minimum absolute atomic E-state index is 0.0399. The van der Waals surface area contributed by atoms with E-state index in [1.807, 2.05) is 13.8 Å². The summed E-state index contributed by atoms with van der Waals surface area (Å²) in [6.07, 6.45) is 0. The van der Waals surface area contributed by atoms with Gasteiger partial charge in [-0.15, -0.1) is 0 Å². The molecule has 0 radical (unpaired) electrons. The fraction of sp³-hybridized carbons (Fsp3) is 0.500. The highest BCUT2D eigenvalue weighted by atomic mass is 16.5. The third-order valence-corrected chi connectivity index (χ3v) is 3.35. The van der Waals surface area contributed by atoms with Crippen LogP contribution in [0.15, 0.2) is 24.3 Å². The van der Waals surface area contributed by atoms with Crippen LogP contribution < -0.4 is 15.4 Å². The lowest BCUT2D eigenvalue weighted by Crippen LogP contribution is -2.46. The van der Waals surface area contributed by atoms with E-state index in [0.29, 0.717) is 11.3 Å². The van der Waals surface area contributed by atoms with Crippen LogP contribution in [0.2, 0.25) is 0 Å². The average molecular weight is 350 g/mol. The molecule has 1 atom stereocenters. The molecule has 7 nitrogen and oxygen atoms in total. The third-order valence-electron chi connectivity index (χ3n) is 3.35. The van der Waals surface area contributed by atoms with Crippen molar-refractivity contribution in [3.8, 4) is 5.75 Å². The van der Waals surface area contributed by atoms with Crippen molar-refractivity contribution in [1.82, 2.24) is 10.6 Å². The van der Waals surface area contributed by atoms with Crippen molar-refractivity contribution in [3.05, 3.63) is 29.8 Å². The summed E-state index contributed by atoms with van der Waals surface area (Å²) in [6.45, 7) is 6.82. The van der Waals surface area contributed by atoms with Crippen molar-refractivity contribution in [2.45, 2.75) is 39.8 Å². The fourth-order valence-electron chi connectivity index (χ4n) is 2.05.